The van der Waals surface area contributed by atoms with Crippen molar-refractivity contribution in [1.82, 2.24) is 14.6 Å². The number of carbonyl (C=O) groups is 1. The molecular weight excluding hydrogens is 400 g/mol. The largest absolute Gasteiger partial charge is 0.337 e. The molecule has 1 aromatic carbocycles. The second-order valence-electron chi connectivity index (χ2n) is 8.31. The molecule has 0 saturated carbocycles. The number of anilines is 1. The first-order valence-corrected chi connectivity index (χ1v) is 11.7. The highest BCUT2D eigenvalue weighted by Crippen LogP contribution is 2.27. The van der Waals surface area contributed by atoms with Crippen molar-refractivity contribution in [3.63, 3.8) is 0 Å². The molecule has 1 saturated heterocycles. The van der Waals surface area contributed by atoms with Gasteiger partial charge >= 0.3 is 6.03 Å². The number of piperidine rings is 1. The van der Waals surface area contributed by atoms with E-state index in [4.69, 9.17) is 0 Å². The first-order valence-electron chi connectivity index (χ1n) is 10.3. The summed E-state index contributed by atoms with van der Waals surface area (Å²) in [6.45, 7) is 7.76. The molecule has 0 radical (unpaired) electrons. The van der Waals surface area contributed by atoms with Crippen molar-refractivity contribution in [3.05, 3.63) is 54.4 Å². The lowest BCUT2D eigenvalue weighted by molar-refractivity contribution is 0.222. The van der Waals surface area contributed by atoms with Gasteiger partial charge in [-0.15, -0.1) is 0 Å². The fourth-order valence-corrected chi connectivity index (χ4v) is 5.57. The molecule has 1 aliphatic heterocycles. The van der Waals surface area contributed by atoms with E-state index >= 15 is 0 Å². The van der Waals surface area contributed by atoms with Gasteiger partial charge in [-0.05, 0) is 66.1 Å². The average molecular weight is 431 g/mol. The summed E-state index contributed by atoms with van der Waals surface area (Å²) in [7, 11) is -3.53. The van der Waals surface area contributed by atoms with Gasteiger partial charge in [0.2, 0.25) is 10.0 Å². The summed E-state index contributed by atoms with van der Waals surface area (Å²) in [5.41, 5.74) is 1.64. The van der Waals surface area contributed by atoms with Gasteiger partial charge in [-0.1, -0.05) is 20.8 Å². The Morgan fingerprint density at radius 2 is 1.70 bits per heavy atom. The highest BCUT2D eigenvalue weighted by atomic mass is 32.2. The molecule has 162 valence electrons. The minimum absolute atomic E-state index is 0.153. The van der Waals surface area contributed by atoms with Crippen LogP contribution in [0.4, 0.5) is 10.5 Å². The summed E-state index contributed by atoms with van der Waals surface area (Å²) < 4.78 is 27.5. The molecule has 0 aliphatic carbocycles. The van der Waals surface area contributed by atoms with Crippen LogP contribution in [0.15, 0.2) is 53.7 Å². The Bertz CT molecular complexity index is 938. The molecule has 3 atom stereocenters. The predicted molar refractivity (Wildman–Crippen MR) is 118 cm³/mol. The zero-order valence-electron chi connectivity index (χ0n) is 17.7. The number of urea groups is 1. The van der Waals surface area contributed by atoms with E-state index in [1.54, 1.807) is 41.0 Å². The van der Waals surface area contributed by atoms with E-state index in [2.05, 4.69) is 29.5 Å². The van der Waals surface area contributed by atoms with E-state index in [1.165, 1.54) is 0 Å². The molecule has 2 N–H and O–H groups in total. The lowest BCUT2D eigenvalue weighted by atomic mass is 9.94. The quantitative estimate of drug-likeness (QED) is 0.731. The number of carbonyl (C=O) groups excluding carboxylic acids is 1. The fraction of sp³-hybridized carbons (Fsp3) is 0.455. The second kappa shape index (κ2) is 9.57. The molecule has 3 unspecified atom stereocenters. The third-order valence-corrected chi connectivity index (χ3v) is 7.28. The van der Waals surface area contributed by atoms with Crippen molar-refractivity contribution in [2.24, 2.45) is 11.8 Å². The Morgan fingerprint density at radius 1 is 1.10 bits per heavy atom. The van der Waals surface area contributed by atoms with Crippen LogP contribution in [-0.4, -0.2) is 43.4 Å². The Morgan fingerprint density at radius 3 is 2.30 bits per heavy atom. The summed E-state index contributed by atoms with van der Waals surface area (Å²) >= 11 is 0. The molecule has 7 nitrogen and oxygen atoms in total. The third kappa shape index (κ3) is 5.58. The van der Waals surface area contributed by atoms with Crippen molar-refractivity contribution in [2.75, 3.05) is 25.0 Å². The minimum atomic E-state index is -3.53. The van der Waals surface area contributed by atoms with Crippen LogP contribution < -0.4 is 10.6 Å². The topological polar surface area (TPSA) is 91.4 Å². The molecule has 1 fully saturated rings. The van der Waals surface area contributed by atoms with Crippen LogP contribution in [-0.2, 0) is 10.0 Å². The Kier molecular flexibility index (Phi) is 7.10. The number of amides is 2. The molecule has 2 amide bonds. The molecule has 0 bridgehead atoms. The summed E-state index contributed by atoms with van der Waals surface area (Å²) in [6, 6.07) is 9.86. The van der Waals surface area contributed by atoms with Gasteiger partial charge in [-0.3, -0.25) is 4.98 Å². The molecular formula is C22H30N4O3S. The lowest BCUT2D eigenvalue weighted by Crippen LogP contribution is -2.42. The highest BCUT2D eigenvalue weighted by molar-refractivity contribution is 7.89. The average Bonchev–Trinajstić information content (AvgIpc) is 2.72. The maximum absolute atomic E-state index is 12.9. The van der Waals surface area contributed by atoms with Crippen molar-refractivity contribution < 1.29 is 13.2 Å². The Hall–Kier alpha value is -2.45. The molecule has 8 heteroatoms. The SMILES string of the molecule is CC1CC(C)CN(S(=O)(=O)c2ccc(NC(=O)NCC(C)c3ccncc3)cc2)C1. The van der Waals surface area contributed by atoms with Crippen molar-refractivity contribution in [3.8, 4) is 0 Å². The smallest absolute Gasteiger partial charge is 0.319 e. The van der Waals surface area contributed by atoms with Gasteiger partial charge in [0, 0.05) is 37.7 Å². The van der Waals surface area contributed by atoms with Gasteiger partial charge in [0.15, 0.2) is 0 Å². The molecule has 1 aliphatic rings. The maximum Gasteiger partial charge on any atom is 0.319 e. The number of nitrogens with zero attached hydrogens (tertiary/aromatic N) is 2. The molecule has 30 heavy (non-hydrogen) atoms. The minimum Gasteiger partial charge on any atom is -0.337 e. The zero-order chi connectivity index (χ0) is 21.7. The molecule has 3 rings (SSSR count). The number of pyridine rings is 1. The van der Waals surface area contributed by atoms with Crippen LogP contribution in [0, 0.1) is 11.8 Å². The molecule has 2 heterocycles. The van der Waals surface area contributed by atoms with Gasteiger partial charge in [-0.2, -0.15) is 4.31 Å². The van der Waals surface area contributed by atoms with E-state index in [0.717, 1.165) is 12.0 Å². The van der Waals surface area contributed by atoms with E-state index in [1.807, 2.05) is 19.1 Å². The first kappa shape index (κ1) is 22.2. The van der Waals surface area contributed by atoms with Gasteiger partial charge in [0.25, 0.3) is 0 Å². The van der Waals surface area contributed by atoms with Crippen molar-refractivity contribution in [2.45, 2.75) is 38.0 Å². The summed E-state index contributed by atoms with van der Waals surface area (Å²) in [6.07, 6.45) is 4.50. The number of rotatable bonds is 6. The van der Waals surface area contributed by atoms with Gasteiger partial charge in [0.05, 0.1) is 4.90 Å². The number of benzene rings is 1. The second-order valence-corrected chi connectivity index (χ2v) is 10.2. The number of aromatic nitrogens is 1. The Balaban J connectivity index is 1.57. The number of nitrogens with one attached hydrogen (secondary N) is 2. The summed E-state index contributed by atoms with van der Waals surface area (Å²) in [5.74, 6) is 0.853. The van der Waals surface area contributed by atoms with Crippen LogP contribution in [0.3, 0.4) is 0 Å². The predicted octanol–water partition coefficient (Wildman–Crippen LogP) is 3.67. The van der Waals surface area contributed by atoms with Crippen molar-refractivity contribution >= 4 is 21.7 Å². The van der Waals surface area contributed by atoms with Gasteiger partial charge in [-0.25, -0.2) is 13.2 Å². The summed E-state index contributed by atoms with van der Waals surface area (Å²) in [4.78, 5) is 16.4. The van der Waals surface area contributed by atoms with Crippen LogP contribution in [0.5, 0.6) is 0 Å². The van der Waals surface area contributed by atoms with Crippen LogP contribution in [0.1, 0.15) is 38.7 Å². The van der Waals surface area contributed by atoms with E-state index in [0.29, 0.717) is 37.2 Å². The molecule has 2 aromatic rings. The van der Waals surface area contributed by atoms with Gasteiger partial charge < -0.3 is 10.6 Å². The first-order chi connectivity index (χ1) is 14.3. The monoisotopic (exact) mass is 430 g/mol. The normalized spacial score (nSPS) is 21.0. The number of hydrogen-bond acceptors (Lipinski definition) is 4. The van der Waals surface area contributed by atoms with E-state index in [9.17, 15) is 13.2 Å². The number of hydrogen-bond donors (Lipinski definition) is 2. The standard InChI is InChI=1S/C22H30N4O3S/c1-16-12-17(2)15-26(14-16)30(28,29)21-6-4-20(5-7-21)25-22(27)24-13-18(3)19-8-10-23-11-9-19/h4-11,16-18H,12-15H2,1-3H3,(H2,24,25,27). The zero-order valence-corrected chi connectivity index (χ0v) is 18.5. The third-order valence-electron chi connectivity index (χ3n) is 5.43. The van der Waals surface area contributed by atoms with Crippen LogP contribution >= 0.6 is 0 Å². The van der Waals surface area contributed by atoms with E-state index < -0.39 is 10.0 Å². The molecule has 0 spiro atoms. The maximum atomic E-state index is 12.9. The lowest BCUT2D eigenvalue weighted by Gasteiger charge is -2.34. The van der Waals surface area contributed by atoms with Gasteiger partial charge in [0.1, 0.15) is 0 Å². The molecule has 1 aromatic heterocycles. The fourth-order valence-electron chi connectivity index (χ4n) is 3.89. The summed E-state index contributed by atoms with van der Waals surface area (Å²) in [5, 5.41) is 5.59. The van der Waals surface area contributed by atoms with Crippen LogP contribution in [0.25, 0.3) is 0 Å². The van der Waals surface area contributed by atoms with Crippen molar-refractivity contribution in [1.29, 1.82) is 0 Å². The van der Waals surface area contributed by atoms with E-state index in [-0.39, 0.29) is 16.8 Å². The van der Waals surface area contributed by atoms with Crippen LogP contribution in [0.2, 0.25) is 0 Å². The highest BCUT2D eigenvalue weighted by Gasteiger charge is 2.31. The Labute approximate surface area is 178 Å². The number of sulfonamides is 1.